The zero-order valence-corrected chi connectivity index (χ0v) is 22.3. The Kier molecular flexibility index (Phi) is 6.51. The van der Waals surface area contributed by atoms with Crippen LogP contribution in [0.3, 0.4) is 0 Å². The molecule has 0 amide bonds. The van der Waals surface area contributed by atoms with Crippen molar-refractivity contribution in [2.24, 2.45) is 11.8 Å². The molecule has 5 rings (SSSR count). The van der Waals surface area contributed by atoms with Gasteiger partial charge in [-0.05, 0) is 73.9 Å². The van der Waals surface area contributed by atoms with Gasteiger partial charge in [0.2, 0.25) is 11.8 Å². The minimum atomic E-state index is -3.89. The van der Waals surface area contributed by atoms with Gasteiger partial charge >= 0.3 is 0 Å². The summed E-state index contributed by atoms with van der Waals surface area (Å²) in [7, 11) is -1.76. The highest BCUT2D eigenvalue weighted by molar-refractivity contribution is 7.92. The smallest absolute Gasteiger partial charge is 0.264 e. The molecular weight excluding hydrogens is 472 g/mol. The summed E-state index contributed by atoms with van der Waals surface area (Å²) >= 11 is 0. The molecule has 8 heteroatoms. The molecule has 2 aliphatic rings. The highest BCUT2D eigenvalue weighted by Crippen LogP contribution is 2.39. The average molecular weight is 507 g/mol. The van der Waals surface area contributed by atoms with Crippen molar-refractivity contribution >= 4 is 16.0 Å². The van der Waals surface area contributed by atoms with Gasteiger partial charge in [-0.25, -0.2) is 18.1 Å². The fourth-order valence-corrected chi connectivity index (χ4v) is 6.72. The molecule has 190 valence electrons. The summed E-state index contributed by atoms with van der Waals surface area (Å²) in [6.45, 7) is 10.2. The topological polar surface area (TPSA) is 84.4 Å². The van der Waals surface area contributed by atoms with E-state index in [9.17, 15) is 8.42 Å². The summed E-state index contributed by atoms with van der Waals surface area (Å²) < 4.78 is 36.0. The number of nitrogens with zero attached hydrogens (tertiary/aromatic N) is 3. The third-order valence-corrected chi connectivity index (χ3v) is 8.80. The SMILES string of the molecule is Cc1cccc(C)c1-c1cc2nc(n1)NS(=O)(=O)c1cccc(c1)C1C[C@@H](CN(C)CC1C(C)C)O2. The van der Waals surface area contributed by atoms with E-state index in [0.717, 1.165) is 41.8 Å². The molecule has 0 saturated carbocycles. The van der Waals surface area contributed by atoms with Gasteiger partial charge in [0.05, 0.1) is 10.6 Å². The lowest BCUT2D eigenvalue weighted by Crippen LogP contribution is -2.33. The monoisotopic (exact) mass is 506 g/mol. The van der Waals surface area contributed by atoms with Crippen molar-refractivity contribution in [2.75, 3.05) is 24.9 Å². The Morgan fingerprint density at radius 1 is 1.03 bits per heavy atom. The molecule has 2 aromatic carbocycles. The van der Waals surface area contributed by atoms with Crippen LogP contribution in [0.4, 0.5) is 5.95 Å². The second kappa shape index (κ2) is 9.48. The molecule has 3 aromatic rings. The Hall–Kier alpha value is -2.97. The molecular formula is C28H34N4O3S. The summed E-state index contributed by atoms with van der Waals surface area (Å²) in [5.74, 6) is 1.35. The quantitative estimate of drug-likeness (QED) is 0.526. The van der Waals surface area contributed by atoms with Crippen LogP contribution in [0.15, 0.2) is 53.4 Å². The predicted octanol–water partition coefficient (Wildman–Crippen LogP) is 5.01. The largest absolute Gasteiger partial charge is 0.473 e. The molecule has 6 bridgehead atoms. The molecule has 36 heavy (non-hydrogen) atoms. The first-order valence-corrected chi connectivity index (χ1v) is 14.0. The number of aryl methyl sites for hydroxylation is 2. The molecule has 0 aliphatic carbocycles. The molecule has 1 saturated heterocycles. The lowest BCUT2D eigenvalue weighted by Gasteiger charge is -2.31. The van der Waals surface area contributed by atoms with Gasteiger partial charge < -0.3 is 9.64 Å². The number of rotatable bonds is 2. The summed E-state index contributed by atoms with van der Waals surface area (Å²) in [4.78, 5) is 11.7. The lowest BCUT2D eigenvalue weighted by atomic mass is 9.77. The van der Waals surface area contributed by atoms with E-state index in [1.54, 1.807) is 6.07 Å². The number of fused-ring (bicyclic) bond motifs is 7. The highest BCUT2D eigenvalue weighted by atomic mass is 32.2. The van der Waals surface area contributed by atoms with Crippen LogP contribution in [0.25, 0.3) is 11.3 Å². The number of hydrogen-bond acceptors (Lipinski definition) is 6. The predicted molar refractivity (Wildman–Crippen MR) is 142 cm³/mol. The first-order chi connectivity index (χ1) is 17.1. The molecule has 1 N–H and O–H groups in total. The average Bonchev–Trinajstić information content (AvgIpc) is 2.96. The van der Waals surface area contributed by atoms with Gasteiger partial charge in [-0.3, -0.25) is 0 Å². The maximum absolute atomic E-state index is 13.4. The third kappa shape index (κ3) is 4.84. The van der Waals surface area contributed by atoms with Crippen LogP contribution in [-0.4, -0.2) is 49.5 Å². The van der Waals surface area contributed by atoms with Crippen molar-refractivity contribution in [3.8, 4) is 17.1 Å². The lowest BCUT2D eigenvalue weighted by molar-refractivity contribution is 0.147. The fourth-order valence-electron chi connectivity index (χ4n) is 5.73. The number of sulfonamides is 1. The molecule has 1 fully saturated rings. The first kappa shape index (κ1) is 24.7. The van der Waals surface area contributed by atoms with E-state index >= 15 is 0 Å². The second-order valence-electron chi connectivity index (χ2n) is 10.6. The fraction of sp³-hybridized carbons (Fsp3) is 0.429. The number of aromatic nitrogens is 2. The first-order valence-electron chi connectivity index (χ1n) is 12.5. The Bertz CT molecular complexity index is 1370. The standard InChI is InChI=1S/C28H34N4O3S/c1-17(2)24-16-32(5)15-21-13-23(24)20-10-7-11-22(12-20)36(33,34)31-28-29-25(14-26(30-28)35-21)27-18(3)8-6-9-19(27)4/h6-12,14,17,21,23-24H,13,15-16H2,1-5H3,(H,29,30,31)/t21-,23?,24?/m0/s1. The van der Waals surface area contributed by atoms with Gasteiger partial charge in [-0.2, -0.15) is 4.98 Å². The third-order valence-electron chi connectivity index (χ3n) is 7.48. The number of nitrogens with one attached hydrogen (secondary N) is 1. The molecule has 0 radical (unpaired) electrons. The van der Waals surface area contributed by atoms with Crippen LogP contribution in [-0.2, 0) is 10.0 Å². The normalized spacial score (nSPS) is 23.6. The van der Waals surface area contributed by atoms with Crippen LogP contribution in [0.5, 0.6) is 5.88 Å². The Morgan fingerprint density at radius 3 is 2.47 bits per heavy atom. The number of hydrogen-bond donors (Lipinski definition) is 1. The molecule has 2 unspecified atom stereocenters. The maximum atomic E-state index is 13.4. The van der Waals surface area contributed by atoms with Gasteiger partial charge in [0.1, 0.15) is 6.10 Å². The zero-order valence-electron chi connectivity index (χ0n) is 21.5. The minimum Gasteiger partial charge on any atom is -0.473 e. The van der Waals surface area contributed by atoms with Crippen molar-refractivity contribution in [2.45, 2.75) is 51.0 Å². The Labute approximate surface area is 214 Å². The number of ether oxygens (including phenoxy) is 1. The van der Waals surface area contributed by atoms with E-state index in [1.807, 2.05) is 56.3 Å². The van der Waals surface area contributed by atoms with Crippen molar-refractivity contribution in [3.63, 3.8) is 0 Å². The van der Waals surface area contributed by atoms with Crippen LogP contribution in [0, 0.1) is 25.7 Å². The van der Waals surface area contributed by atoms with Gasteiger partial charge in [0.25, 0.3) is 10.0 Å². The minimum absolute atomic E-state index is 0.00899. The van der Waals surface area contributed by atoms with Crippen LogP contribution >= 0.6 is 0 Å². The van der Waals surface area contributed by atoms with Crippen LogP contribution < -0.4 is 9.46 Å². The molecule has 0 spiro atoms. The summed E-state index contributed by atoms with van der Waals surface area (Å²) in [5.41, 5.74) is 4.72. The maximum Gasteiger partial charge on any atom is 0.264 e. The molecule has 3 heterocycles. The highest BCUT2D eigenvalue weighted by Gasteiger charge is 2.35. The Morgan fingerprint density at radius 2 is 1.75 bits per heavy atom. The number of likely N-dealkylation sites (N-methyl/N-ethyl adjacent to an activating group) is 1. The van der Waals surface area contributed by atoms with E-state index < -0.39 is 10.0 Å². The van der Waals surface area contributed by atoms with E-state index in [-0.39, 0.29) is 22.9 Å². The van der Waals surface area contributed by atoms with E-state index in [1.165, 1.54) is 0 Å². The summed E-state index contributed by atoms with van der Waals surface area (Å²) in [5, 5.41) is 0. The van der Waals surface area contributed by atoms with Crippen molar-refractivity contribution in [1.82, 2.24) is 14.9 Å². The molecule has 7 nitrogen and oxygen atoms in total. The van der Waals surface area contributed by atoms with E-state index in [0.29, 0.717) is 23.4 Å². The van der Waals surface area contributed by atoms with Gasteiger partial charge in [-0.15, -0.1) is 0 Å². The zero-order chi connectivity index (χ0) is 25.6. The molecule has 2 aliphatic heterocycles. The van der Waals surface area contributed by atoms with Gasteiger partial charge in [-0.1, -0.05) is 44.2 Å². The second-order valence-corrected chi connectivity index (χ2v) is 12.3. The van der Waals surface area contributed by atoms with Crippen LogP contribution in [0.2, 0.25) is 0 Å². The van der Waals surface area contributed by atoms with Crippen LogP contribution in [0.1, 0.15) is 42.9 Å². The van der Waals surface area contributed by atoms with Crippen molar-refractivity contribution in [3.05, 3.63) is 65.2 Å². The number of likely N-dealkylation sites (tertiary alicyclic amines) is 1. The summed E-state index contributed by atoms with van der Waals surface area (Å²) in [6, 6.07) is 15.2. The van der Waals surface area contributed by atoms with Gasteiger partial charge in [0.15, 0.2) is 0 Å². The van der Waals surface area contributed by atoms with Gasteiger partial charge in [0, 0.05) is 24.7 Å². The Balaban J connectivity index is 1.69. The molecule has 3 atom stereocenters. The van der Waals surface area contributed by atoms with Crippen molar-refractivity contribution in [1.29, 1.82) is 0 Å². The van der Waals surface area contributed by atoms with E-state index in [2.05, 4.69) is 40.5 Å². The van der Waals surface area contributed by atoms with Crippen molar-refractivity contribution < 1.29 is 13.2 Å². The number of anilines is 1. The van der Waals surface area contributed by atoms with E-state index in [4.69, 9.17) is 4.74 Å². The summed E-state index contributed by atoms with van der Waals surface area (Å²) in [6.07, 6.45) is 0.680. The number of benzene rings is 2. The molecule has 1 aromatic heterocycles.